The molecule has 0 atom stereocenters. The lowest BCUT2D eigenvalue weighted by atomic mass is 9.91. The van der Waals surface area contributed by atoms with Gasteiger partial charge in [-0.25, -0.2) is 4.57 Å². The highest BCUT2D eigenvalue weighted by Crippen LogP contribution is 2.44. The van der Waals surface area contributed by atoms with Crippen LogP contribution >= 0.6 is 39.7 Å². The fraction of sp³-hybridized carbons (Fsp3) is 0.200. The van der Waals surface area contributed by atoms with E-state index >= 15 is 0 Å². The maximum Gasteiger partial charge on any atom is 0.524 e. The molecule has 0 unspecified atom stereocenters. The van der Waals surface area contributed by atoms with Crippen LogP contribution in [0.4, 0.5) is 0 Å². The van der Waals surface area contributed by atoms with Crippen molar-refractivity contribution < 1.29 is 33.8 Å². The van der Waals surface area contributed by atoms with Gasteiger partial charge in [0.25, 0.3) is 0 Å². The molecule has 4 N–H and O–H groups in total. The summed E-state index contributed by atoms with van der Waals surface area (Å²) < 4.78 is 25.0. The SMILES string of the molecule is CCOc1c2cccc1Cc1cccc(c1OP(=O)(O)O)Cc1cc(Br)cc(c1O)Cc1cc(Br)cc(c1O)C2. The van der Waals surface area contributed by atoms with Crippen molar-refractivity contribution in [3.05, 3.63) is 114 Å². The molecule has 1 aliphatic rings. The predicted molar refractivity (Wildman–Crippen MR) is 160 cm³/mol. The van der Waals surface area contributed by atoms with Crippen LogP contribution in [0.15, 0.2) is 69.6 Å². The van der Waals surface area contributed by atoms with Crippen LogP contribution in [-0.2, 0) is 30.2 Å². The van der Waals surface area contributed by atoms with E-state index in [0.29, 0.717) is 52.2 Å². The molecule has 208 valence electrons. The molecule has 4 aromatic rings. The minimum Gasteiger partial charge on any atom is -0.507 e. The summed E-state index contributed by atoms with van der Waals surface area (Å²) in [6.07, 6.45) is 1.05. The van der Waals surface area contributed by atoms with E-state index in [1.165, 1.54) is 0 Å². The van der Waals surface area contributed by atoms with Gasteiger partial charge in [-0.3, -0.25) is 9.79 Å². The van der Waals surface area contributed by atoms with Crippen molar-refractivity contribution in [3.8, 4) is 23.0 Å². The van der Waals surface area contributed by atoms with Crippen LogP contribution in [0.3, 0.4) is 0 Å². The molecule has 0 spiro atoms. The standard InChI is InChI=1S/C30H27Br2O7P/c1-2-38-29-17-5-3-6-18(29)10-21-13-25(31)15-23(27(21)33)12-24-16-26(32)14-22(28(24)34)11-20-8-4-7-19(9-17)30(20)39-40(35,36)37/h3-8,13-16,33-34H,2,9-12H2,1H3,(H2,35,36,37). The number of fused-ring (bicyclic) bond motifs is 8. The van der Waals surface area contributed by atoms with Crippen molar-refractivity contribution in [2.75, 3.05) is 6.61 Å². The topological polar surface area (TPSA) is 116 Å². The molecule has 0 saturated carbocycles. The summed E-state index contributed by atoms with van der Waals surface area (Å²) in [6.45, 7) is 2.30. The van der Waals surface area contributed by atoms with Crippen LogP contribution in [0.5, 0.6) is 23.0 Å². The lowest BCUT2D eigenvalue weighted by molar-refractivity contribution is 0.281. The number of phenols is 2. The van der Waals surface area contributed by atoms with E-state index in [9.17, 15) is 24.6 Å². The van der Waals surface area contributed by atoms with Crippen molar-refractivity contribution in [1.29, 1.82) is 0 Å². The smallest absolute Gasteiger partial charge is 0.507 e. The molecule has 40 heavy (non-hydrogen) atoms. The Morgan fingerprint density at radius 3 is 1.40 bits per heavy atom. The first-order valence-electron chi connectivity index (χ1n) is 12.6. The number of benzene rings is 4. The number of rotatable bonds is 4. The average molecular weight is 690 g/mol. The van der Waals surface area contributed by atoms with Crippen molar-refractivity contribution in [2.24, 2.45) is 0 Å². The summed E-state index contributed by atoms with van der Waals surface area (Å²) in [5.41, 5.74) is 5.18. The summed E-state index contributed by atoms with van der Waals surface area (Å²) in [4.78, 5) is 19.6. The monoisotopic (exact) mass is 688 g/mol. The molecule has 0 radical (unpaired) electrons. The van der Waals surface area contributed by atoms with E-state index < -0.39 is 7.82 Å². The first-order chi connectivity index (χ1) is 19.0. The number of halogens is 2. The molecule has 7 nitrogen and oxygen atoms in total. The summed E-state index contributed by atoms with van der Waals surface area (Å²) in [6, 6.07) is 18.3. The fourth-order valence-electron chi connectivity index (χ4n) is 5.19. The zero-order chi connectivity index (χ0) is 28.6. The third kappa shape index (κ3) is 6.24. The molecule has 0 aromatic heterocycles. The Bertz CT molecular complexity index is 1650. The molecule has 0 heterocycles. The molecule has 0 aliphatic heterocycles. The van der Waals surface area contributed by atoms with E-state index in [0.717, 1.165) is 20.1 Å². The number of phenolic OH excluding ortho intramolecular Hbond substituents is 2. The number of phosphoric acid groups is 1. The van der Waals surface area contributed by atoms with Crippen LogP contribution in [0, 0.1) is 0 Å². The predicted octanol–water partition coefficient (Wildman–Crippen LogP) is 7.17. The first-order valence-corrected chi connectivity index (χ1v) is 15.7. The molecule has 0 fully saturated rings. The third-order valence-electron chi connectivity index (χ3n) is 6.84. The van der Waals surface area contributed by atoms with Gasteiger partial charge in [-0.15, -0.1) is 0 Å². The van der Waals surface area contributed by atoms with E-state index in [4.69, 9.17) is 9.26 Å². The van der Waals surface area contributed by atoms with Gasteiger partial charge >= 0.3 is 7.82 Å². The number of hydrogen-bond acceptors (Lipinski definition) is 5. The Morgan fingerprint density at radius 1 is 0.675 bits per heavy atom. The summed E-state index contributed by atoms with van der Waals surface area (Å²) >= 11 is 7.11. The van der Waals surface area contributed by atoms with Gasteiger partial charge in [0.1, 0.15) is 23.0 Å². The molecular weight excluding hydrogens is 663 g/mol. The fourth-order valence-corrected chi connectivity index (χ4v) is 6.77. The normalized spacial score (nSPS) is 13.1. The van der Waals surface area contributed by atoms with Gasteiger partial charge in [0.15, 0.2) is 0 Å². The van der Waals surface area contributed by atoms with Crippen LogP contribution in [0.1, 0.15) is 51.4 Å². The second-order valence-electron chi connectivity index (χ2n) is 9.68. The molecule has 0 amide bonds. The Morgan fingerprint density at radius 2 is 1.02 bits per heavy atom. The summed E-state index contributed by atoms with van der Waals surface area (Å²) in [5, 5.41) is 22.6. The summed E-state index contributed by atoms with van der Waals surface area (Å²) in [5.74, 6) is 0.903. The molecule has 10 heteroatoms. The van der Waals surface area contributed by atoms with Crippen LogP contribution in [0.2, 0.25) is 0 Å². The Labute approximate surface area is 248 Å². The Balaban J connectivity index is 1.79. The quantitative estimate of drug-likeness (QED) is 0.148. The largest absolute Gasteiger partial charge is 0.524 e. The second-order valence-corrected chi connectivity index (χ2v) is 12.7. The van der Waals surface area contributed by atoms with Crippen molar-refractivity contribution in [2.45, 2.75) is 32.6 Å². The van der Waals surface area contributed by atoms with Gasteiger partial charge in [0.05, 0.1) is 6.61 Å². The molecule has 0 saturated heterocycles. The van der Waals surface area contributed by atoms with Gasteiger partial charge in [-0.05, 0) is 75.7 Å². The highest BCUT2D eigenvalue weighted by Gasteiger charge is 2.24. The molecule has 5 rings (SSSR count). The van der Waals surface area contributed by atoms with Gasteiger partial charge in [-0.1, -0.05) is 68.3 Å². The number of para-hydroxylation sites is 2. The van der Waals surface area contributed by atoms with Gasteiger partial charge in [0.2, 0.25) is 0 Å². The van der Waals surface area contributed by atoms with E-state index in [2.05, 4.69) is 31.9 Å². The van der Waals surface area contributed by atoms with Gasteiger partial charge in [-0.2, -0.15) is 0 Å². The first kappa shape index (κ1) is 28.7. The highest BCUT2D eigenvalue weighted by molar-refractivity contribution is 9.10. The van der Waals surface area contributed by atoms with E-state index in [1.807, 2.05) is 37.3 Å². The van der Waals surface area contributed by atoms with Gasteiger partial charge in [0, 0.05) is 34.6 Å². The Kier molecular flexibility index (Phi) is 8.32. The number of phosphoric ester groups is 1. The number of ether oxygens (including phenoxy) is 1. The number of aromatic hydroxyl groups is 2. The molecule has 4 aromatic carbocycles. The van der Waals surface area contributed by atoms with Crippen LogP contribution in [-0.4, -0.2) is 26.6 Å². The van der Waals surface area contributed by atoms with Gasteiger partial charge < -0.3 is 19.5 Å². The highest BCUT2D eigenvalue weighted by atomic mass is 79.9. The second kappa shape index (κ2) is 11.6. The Hall–Kier alpha value is -2.81. The molecule has 1 aliphatic carbocycles. The zero-order valence-corrected chi connectivity index (χ0v) is 25.6. The van der Waals surface area contributed by atoms with E-state index in [1.54, 1.807) is 30.3 Å². The van der Waals surface area contributed by atoms with E-state index in [-0.39, 0.29) is 36.5 Å². The molecular formula is C30H27Br2O7P. The van der Waals surface area contributed by atoms with Crippen LogP contribution in [0.25, 0.3) is 0 Å². The lowest BCUT2D eigenvalue weighted by Crippen LogP contribution is -2.06. The summed E-state index contributed by atoms with van der Waals surface area (Å²) in [7, 11) is -4.90. The minimum absolute atomic E-state index is 0.0348. The molecule has 8 bridgehead atoms. The maximum atomic E-state index is 12.1. The van der Waals surface area contributed by atoms with Crippen molar-refractivity contribution >= 4 is 39.7 Å². The third-order valence-corrected chi connectivity index (χ3v) is 8.18. The number of hydrogen-bond donors (Lipinski definition) is 4. The minimum atomic E-state index is -4.90. The lowest BCUT2D eigenvalue weighted by Gasteiger charge is -2.21. The van der Waals surface area contributed by atoms with Crippen LogP contribution < -0.4 is 9.26 Å². The van der Waals surface area contributed by atoms with Crippen molar-refractivity contribution in [1.82, 2.24) is 0 Å². The zero-order valence-electron chi connectivity index (χ0n) is 21.5. The maximum absolute atomic E-state index is 12.1. The average Bonchev–Trinajstić information content (AvgIpc) is 2.87. The van der Waals surface area contributed by atoms with Crippen molar-refractivity contribution in [3.63, 3.8) is 0 Å².